The summed E-state index contributed by atoms with van der Waals surface area (Å²) in [6.45, 7) is 8.20. The average Bonchev–Trinajstić information content (AvgIpc) is 2.40. The molecule has 0 radical (unpaired) electrons. The third-order valence-electron chi connectivity index (χ3n) is 2.39. The lowest BCUT2D eigenvalue weighted by atomic mass is 10.4. The zero-order valence-electron chi connectivity index (χ0n) is 11.5. The summed E-state index contributed by atoms with van der Waals surface area (Å²) in [6, 6.07) is 10.1. The number of benzene rings is 1. The van der Waals surface area contributed by atoms with Crippen LogP contribution in [0.3, 0.4) is 0 Å². The van der Waals surface area contributed by atoms with Gasteiger partial charge in [-0.1, -0.05) is 24.8 Å². The summed E-state index contributed by atoms with van der Waals surface area (Å²) in [7, 11) is -3.14. The zero-order chi connectivity index (χ0) is 14.1. The van der Waals surface area contributed by atoms with Crippen molar-refractivity contribution in [3.05, 3.63) is 42.2 Å². The first-order valence-corrected chi connectivity index (χ1v) is 8.90. The van der Waals surface area contributed by atoms with Gasteiger partial charge < -0.3 is 9.05 Å². The molecule has 19 heavy (non-hydrogen) atoms. The summed E-state index contributed by atoms with van der Waals surface area (Å²) in [4.78, 5) is 1.19. The third-order valence-corrected chi connectivity index (χ3v) is 5.60. The van der Waals surface area contributed by atoms with Gasteiger partial charge in [-0.15, -0.1) is 11.8 Å². The molecule has 0 bridgehead atoms. The van der Waals surface area contributed by atoms with E-state index >= 15 is 0 Å². The van der Waals surface area contributed by atoms with Gasteiger partial charge in [0.25, 0.3) is 0 Å². The second-order valence-electron chi connectivity index (χ2n) is 3.81. The van der Waals surface area contributed by atoms with Crippen LogP contribution in [0.1, 0.15) is 20.3 Å². The number of hydrogen-bond acceptors (Lipinski definition) is 4. The highest BCUT2D eigenvalue weighted by Gasteiger charge is 2.27. The van der Waals surface area contributed by atoms with E-state index in [0.717, 1.165) is 5.75 Å². The Morgan fingerprint density at radius 1 is 1.21 bits per heavy atom. The van der Waals surface area contributed by atoms with E-state index in [-0.39, 0.29) is 0 Å². The van der Waals surface area contributed by atoms with E-state index in [1.807, 2.05) is 18.2 Å². The minimum absolute atomic E-state index is 0.363. The molecule has 1 rings (SSSR count). The predicted molar refractivity (Wildman–Crippen MR) is 81.8 cm³/mol. The van der Waals surface area contributed by atoms with E-state index in [0.29, 0.717) is 24.9 Å². The van der Waals surface area contributed by atoms with E-state index < -0.39 is 7.60 Å². The van der Waals surface area contributed by atoms with Crippen molar-refractivity contribution in [2.45, 2.75) is 25.2 Å². The topological polar surface area (TPSA) is 35.5 Å². The molecule has 0 aliphatic rings. The molecule has 0 spiro atoms. The highest BCUT2D eigenvalue weighted by Crippen LogP contribution is 2.56. The summed E-state index contributed by atoms with van der Waals surface area (Å²) in [5.41, 5.74) is 0. The van der Waals surface area contributed by atoms with Gasteiger partial charge in [0.1, 0.15) is 0 Å². The van der Waals surface area contributed by atoms with Crippen molar-refractivity contribution in [2.75, 3.05) is 19.0 Å². The Bertz CT molecular complexity index is 424. The molecule has 5 heteroatoms. The summed E-state index contributed by atoms with van der Waals surface area (Å²) in [5, 5.41) is 0.555. The van der Waals surface area contributed by atoms with Crippen LogP contribution >= 0.6 is 19.4 Å². The van der Waals surface area contributed by atoms with Crippen molar-refractivity contribution in [1.82, 2.24) is 0 Å². The lowest BCUT2D eigenvalue weighted by Gasteiger charge is -2.18. The van der Waals surface area contributed by atoms with Crippen LogP contribution in [0.2, 0.25) is 0 Å². The predicted octanol–water partition coefficient (Wildman–Crippen LogP) is 4.95. The van der Waals surface area contributed by atoms with Gasteiger partial charge in [0.2, 0.25) is 0 Å². The van der Waals surface area contributed by atoms with Crippen molar-refractivity contribution in [1.29, 1.82) is 0 Å². The number of allylic oxidation sites excluding steroid dienone is 1. The van der Waals surface area contributed by atoms with Crippen LogP contribution in [0.5, 0.6) is 0 Å². The third kappa shape index (κ3) is 5.53. The second-order valence-corrected chi connectivity index (χ2v) is 7.12. The molecule has 0 amide bonds. The van der Waals surface area contributed by atoms with Gasteiger partial charge in [-0.05, 0) is 32.4 Å². The second kappa shape index (κ2) is 8.60. The van der Waals surface area contributed by atoms with E-state index in [9.17, 15) is 4.57 Å². The van der Waals surface area contributed by atoms with E-state index in [1.165, 1.54) is 4.90 Å². The SMILES string of the molecule is C=C(CCSc1ccccc1)P(=O)(OCC)OCC. The fourth-order valence-corrected chi connectivity index (χ4v) is 4.09. The summed E-state index contributed by atoms with van der Waals surface area (Å²) < 4.78 is 22.9. The van der Waals surface area contributed by atoms with Crippen LogP contribution in [0.15, 0.2) is 47.1 Å². The maximum atomic E-state index is 12.4. The van der Waals surface area contributed by atoms with Crippen LogP contribution in [0.25, 0.3) is 0 Å². The first-order chi connectivity index (χ1) is 9.12. The Morgan fingerprint density at radius 2 is 1.79 bits per heavy atom. The molecule has 0 fully saturated rings. The van der Waals surface area contributed by atoms with Crippen molar-refractivity contribution in [3.63, 3.8) is 0 Å². The van der Waals surface area contributed by atoms with Crippen molar-refractivity contribution in [2.24, 2.45) is 0 Å². The van der Waals surface area contributed by atoms with Gasteiger partial charge in [-0.25, -0.2) is 0 Å². The van der Waals surface area contributed by atoms with Gasteiger partial charge in [0.15, 0.2) is 0 Å². The maximum absolute atomic E-state index is 12.4. The maximum Gasteiger partial charge on any atom is 0.356 e. The van der Waals surface area contributed by atoms with Gasteiger partial charge in [-0.3, -0.25) is 4.57 Å². The molecule has 1 aromatic carbocycles. The Hall–Kier alpha value is -0.540. The molecule has 0 unspecified atom stereocenters. The molecule has 0 saturated carbocycles. The molecule has 0 aliphatic heterocycles. The quantitative estimate of drug-likeness (QED) is 0.477. The summed E-state index contributed by atoms with van der Waals surface area (Å²) in [5.74, 6) is 0.812. The van der Waals surface area contributed by atoms with Crippen LogP contribution in [-0.4, -0.2) is 19.0 Å². The Balaban J connectivity index is 2.47. The van der Waals surface area contributed by atoms with Crippen LogP contribution in [0.4, 0.5) is 0 Å². The fourth-order valence-electron chi connectivity index (χ4n) is 1.50. The molecular weight excluding hydrogens is 279 g/mol. The van der Waals surface area contributed by atoms with Gasteiger partial charge >= 0.3 is 7.60 Å². The lowest BCUT2D eigenvalue weighted by Crippen LogP contribution is -1.99. The molecule has 0 N–H and O–H groups in total. The summed E-state index contributed by atoms with van der Waals surface area (Å²) >= 11 is 1.71. The molecule has 0 saturated heterocycles. The molecule has 0 aromatic heterocycles. The standard InChI is InChI=1S/C14H21O3PS/c1-4-16-18(15,17-5-2)13(3)11-12-19-14-9-7-6-8-10-14/h6-10H,3-5,11-12H2,1-2H3. The molecule has 0 heterocycles. The minimum atomic E-state index is -3.14. The highest BCUT2D eigenvalue weighted by atomic mass is 32.2. The van der Waals surface area contributed by atoms with Crippen molar-refractivity contribution < 1.29 is 13.6 Å². The lowest BCUT2D eigenvalue weighted by molar-refractivity contribution is 0.226. The average molecular weight is 300 g/mol. The Morgan fingerprint density at radius 3 is 2.32 bits per heavy atom. The van der Waals surface area contributed by atoms with Crippen LogP contribution < -0.4 is 0 Å². The molecule has 106 valence electrons. The molecule has 3 nitrogen and oxygen atoms in total. The number of rotatable bonds is 9. The normalized spacial score (nSPS) is 11.5. The molecular formula is C14H21O3PS. The van der Waals surface area contributed by atoms with Crippen molar-refractivity contribution >= 4 is 19.4 Å². The largest absolute Gasteiger partial charge is 0.356 e. The van der Waals surface area contributed by atoms with Gasteiger partial charge in [-0.2, -0.15) is 0 Å². The summed E-state index contributed by atoms with van der Waals surface area (Å²) in [6.07, 6.45) is 0.622. The first kappa shape index (κ1) is 16.5. The minimum Gasteiger partial charge on any atom is -0.306 e. The monoisotopic (exact) mass is 300 g/mol. The molecule has 1 aromatic rings. The van der Waals surface area contributed by atoms with Crippen LogP contribution in [-0.2, 0) is 13.6 Å². The zero-order valence-corrected chi connectivity index (χ0v) is 13.2. The van der Waals surface area contributed by atoms with Gasteiger partial charge in [0, 0.05) is 16.0 Å². The Kier molecular flexibility index (Phi) is 7.47. The number of thioether (sulfide) groups is 1. The van der Waals surface area contributed by atoms with E-state index in [2.05, 4.69) is 18.7 Å². The smallest absolute Gasteiger partial charge is 0.306 e. The fraction of sp³-hybridized carbons (Fsp3) is 0.429. The first-order valence-electron chi connectivity index (χ1n) is 6.37. The molecule has 0 atom stereocenters. The van der Waals surface area contributed by atoms with Gasteiger partial charge in [0.05, 0.1) is 13.2 Å². The Labute approximate surface area is 119 Å². The van der Waals surface area contributed by atoms with E-state index in [4.69, 9.17) is 9.05 Å². The number of hydrogen-bond donors (Lipinski definition) is 0. The van der Waals surface area contributed by atoms with Crippen molar-refractivity contribution in [3.8, 4) is 0 Å². The molecule has 0 aliphatic carbocycles. The van der Waals surface area contributed by atoms with E-state index in [1.54, 1.807) is 25.6 Å². The van der Waals surface area contributed by atoms with Crippen LogP contribution in [0, 0.1) is 0 Å². The highest BCUT2D eigenvalue weighted by molar-refractivity contribution is 7.99.